The molecular formula is C12H14N4O. The number of methoxy groups -OCH3 is 1. The fourth-order valence-corrected chi connectivity index (χ4v) is 2.09. The Morgan fingerprint density at radius 2 is 2.18 bits per heavy atom. The Balaban J connectivity index is 2.10. The topological polar surface area (TPSA) is 64.3 Å². The number of fused-ring (bicyclic) bond motifs is 1. The van der Waals surface area contributed by atoms with Gasteiger partial charge in [0, 0.05) is 24.5 Å². The molecule has 0 unspecified atom stereocenters. The van der Waals surface area contributed by atoms with Gasteiger partial charge in [0.1, 0.15) is 17.9 Å². The predicted molar refractivity (Wildman–Crippen MR) is 66.3 cm³/mol. The number of hydrogen-bond donors (Lipinski definition) is 1. The molecule has 0 spiro atoms. The molecule has 1 fully saturated rings. The molecule has 0 bridgehead atoms. The summed E-state index contributed by atoms with van der Waals surface area (Å²) in [6, 6.07) is 6.07. The summed E-state index contributed by atoms with van der Waals surface area (Å²) in [5.74, 6) is 1.76. The zero-order valence-corrected chi connectivity index (χ0v) is 9.63. The van der Waals surface area contributed by atoms with Crippen molar-refractivity contribution in [1.82, 2.24) is 9.97 Å². The van der Waals surface area contributed by atoms with Crippen molar-refractivity contribution in [3.05, 3.63) is 24.5 Å². The number of benzene rings is 1. The van der Waals surface area contributed by atoms with E-state index in [0.717, 1.165) is 35.6 Å². The Kier molecular flexibility index (Phi) is 2.33. The molecule has 0 amide bonds. The highest BCUT2D eigenvalue weighted by molar-refractivity contribution is 5.90. The Labute approximate surface area is 99.2 Å². The quantitative estimate of drug-likeness (QED) is 0.826. The molecule has 1 saturated heterocycles. The summed E-state index contributed by atoms with van der Waals surface area (Å²) in [6.07, 6.45) is 1.59. The van der Waals surface area contributed by atoms with Gasteiger partial charge in [0.15, 0.2) is 0 Å². The van der Waals surface area contributed by atoms with Crippen LogP contribution in [0.5, 0.6) is 5.75 Å². The van der Waals surface area contributed by atoms with Gasteiger partial charge in [-0.1, -0.05) is 0 Å². The highest BCUT2D eigenvalue weighted by atomic mass is 16.5. The van der Waals surface area contributed by atoms with Crippen LogP contribution in [0, 0.1) is 0 Å². The molecule has 0 atom stereocenters. The molecule has 17 heavy (non-hydrogen) atoms. The molecule has 0 radical (unpaired) electrons. The van der Waals surface area contributed by atoms with Gasteiger partial charge in [-0.25, -0.2) is 9.97 Å². The zero-order valence-electron chi connectivity index (χ0n) is 9.63. The maximum Gasteiger partial charge on any atom is 0.140 e. The highest BCUT2D eigenvalue weighted by Gasteiger charge is 2.25. The fraction of sp³-hybridized carbons (Fsp3) is 0.333. The Hall–Kier alpha value is -1.88. The Morgan fingerprint density at radius 3 is 2.88 bits per heavy atom. The zero-order chi connectivity index (χ0) is 11.8. The molecule has 0 saturated carbocycles. The smallest absolute Gasteiger partial charge is 0.140 e. The molecule has 0 aliphatic carbocycles. The van der Waals surface area contributed by atoms with Gasteiger partial charge in [0.2, 0.25) is 0 Å². The number of anilines is 1. The summed E-state index contributed by atoms with van der Waals surface area (Å²) in [5, 5.41) is 1.01. The van der Waals surface area contributed by atoms with Gasteiger partial charge >= 0.3 is 0 Å². The van der Waals surface area contributed by atoms with Gasteiger partial charge in [-0.3, -0.25) is 0 Å². The average Bonchev–Trinajstić information content (AvgIpc) is 2.34. The van der Waals surface area contributed by atoms with Gasteiger partial charge in [-0.2, -0.15) is 0 Å². The van der Waals surface area contributed by atoms with Crippen molar-refractivity contribution in [2.24, 2.45) is 5.73 Å². The van der Waals surface area contributed by atoms with Crippen LogP contribution in [-0.2, 0) is 0 Å². The van der Waals surface area contributed by atoms with Crippen LogP contribution in [0.3, 0.4) is 0 Å². The molecular weight excluding hydrogens is 216 g/mol. The summed E-state index contributed by atoms with van der Waals surface area (Å²) >= 11 is 0. The van der Waals surface area contributed by atoms with E-state index < -0.39 is 0 Å². The predicted octanol–water partition coefficient (Wildman–Crippen LogP) is 0.786. The molecule has 2 heterocycles. The van der Waals surface area contributed by atoms with Crippen LogP contribution in [0.2, 0.25) is 0 Å². The van der Waals surface area contributed by atoms with E-state index in [2.05, 4.69) is 14.9 Å². The molecule has 5 nitrogen and oxygen atoms in total. The number of ether oxygens (including phenoxy) is 1. The number of nitrogens with zero attached hydrogens (tertiary/aromatic N) is 3. The second-order valence-electron chi connectivity index (χ2n) is 4.25. The third-order valence-electron chi connectivity index (χ3n) is 3.03. The summed E-state index contributed by atoms with van der Waals surface area (Å²) in [7, 11) is 1.66. The molecule has 3 rings (SSSR count). The van der Waals surface area contributed by atoms with Gasteiger partial charge < -0.3 is 15.4 Å². The van der Waals surface area contributed by atoms with Crippen LogP contribution in [0.15, 0.2) is 24.5 Å². The third kappa shape index (κ3) is 1.68. The standard InChI is InChI=1S/C12H14N4O/c1-17-9-2-3-11-10(4-9)12(15-7-14-11)16-5-8(13)6-16/h2-4,7-8H,5-6,13H2,1H3. The van der Waals surface area contributed by atoms with Crippen LogP contribution < -0.4 is 15.4 Å². The Morgan fingerprint density at radius 1 is 1.35 bits per heavy atom. The van der Waals surface area contributed by atoms with Crippen molar-refractivity contribution in [3.63, 3.8) is 0 Å². The molecule has 1 aliphatic rings. The van der Waals surface area contributed by atoms with Crippen LogP contribution >= 0.6 is 0 Å². The number of nitrogens with two attached hydrogens (primary N) is 1. The molecule has 1 aromatic heterocycles. The van der Waals surface area contributed by atoms with Crippen molar-refractivity contribution < 1.29 is 4.74 Å². The van der Waals surface area contributed by atoms with E-state index in [1.807, 2.05) is 18.2 Å². The van der Waals surface area contributed by atoms with E-state index in [-0.39, 0.29) is 6.04 Å². The molecule has 2 N–H and O–H groups in total. The molecule has 88 valence electrons. The van der Waals surface area contributed by atoms with Gasteiger partial charge in [-0.05, 0) is 18.2 Å². The van der Waals surface area contributed by atoms with Crippen LogP contribution in [0.25, 0.3) is 10.9 Å². The monoisotopic (exact) mass is 230 g/mol. The fourth-order valence-electron chi connectivity index (χ4n) is 2.09. The SMILES string of the molecule is COc1ccc2ncnc(N3CC(N)C3)c2c1. The summed E-state index contributed by atoms with van der Waals surface area (Å²) < 4.78 is 5.23. The van der Waals surface area contributed by atoms with Gasteiger partial charge in [-0.15, -0.1) is 0 Å². The number of aromatic nitrogens is 2. The lowest BCUT2D eigenvalue weighted by Crippen LogP contribution is -2.56. The van der Waals surface area contributed by atoms with Crippen molar-refractivity contribution >= 4 is 16.7 Å². The molecule has 5 heteroatoms. The number of rotatable bonds is 2. The molecule has 1 aromatic carbocycles. The first-order valence-electron chi connectivity index (χ1n) is 5.57. The number of hydrogen-bond acceptors (Lipinski definition) is 5. The Bertz CT molecular complexity index is 551. The van der Waals surface area contributed by atoms with E-state index in [1.165, 1.54) is 0 Å². The van der Waals surface area contributed by atoms with Crippen molar-refractivity contribution in [1.29, 1.82) is 0 Å². The summed E-state index contributed by atoms with van der Waals surface area (Å²) in [6.45, 7) is 1.70. The largest absolute Gasteiger partial charge is 0.497 e. The minimum absolute atomic E-state index is 0.255. The third-order valence-corrected chi connectivity index (χ3v) is 3.03. The molecule has 2 aromatic rings. The molecule has 1 aliphatic heterocycles. The second kappa shape index (κ2) is 3.85. The van der Waals surface area contributed by atoms with Gasteiger partial charge in [0.25, 0.3) is 0 Å². The normalized spacial score (nSPS) is 16.0. The lowest BCUT2D eigenvalue weighted by atomic mass is 10.1. The maximum absolute atomic E-state index is 5.80. The minimum Gasteiger partial charge on any atom is -0.497 e. The summed E-state index contributed by atoms with van der Waals surface area (Å²) in [4.78, 5) is 10.8. The van der Waals surface area contributed by atoms with Crippen LogP contribution in [0.1, 0.15) is 0 Å². The lowest BCUT2D eigenvalue weighted by molar-refractivity contribution is 0.415. The first-order chi connectivity index (χ1) is 8.28. The lowest BCUT2D eigenvalue weighted by Gasteiger charge is -2.38. The summed E-state index contributed by atoms with van der Waals surface area (Å²) in [5.41, 5.74) is 6.72. The second-order valence-corrected chi connectivity index (χ2v) is 4.25. The van der Waals surface area contributed by atoms with Crippen LogP contribution in [-0.4, -0.2) is 36.2 Å². The highest BCUT2D eigenvalue weighted by Crippen LogP contribution is 2.28. The van der Waals surface area contributed by atoms with E-state index in [9.17, 15) is 0 Å². The van der Waals surface area contributed by atoms with Crippen LogP contribution in [0.4, 0.5) is 5.82 Å². The van der Waals surface area contributed by atoms with Gasteiger partial charge in [0.05, 0.1) is 12.6 Å². The van der Waals surface area contributed by atoms with E-state index in [1.54, 1.807) is 13.4 Å². The van der Waals surface area contributed by atoms with Crippen molar-refractivity contribution in [2.45, 2.75) is 6.04 Å². The first-order valence-corrected chi connectivity index (χ1v) is 5.57. The van der Waals surface area contributed by atoms with Crippen molar-refractivity contribution in [3.8, 4) is 5.75 Å². The maximum atomic E-state index is 5.80. The van der Waals surface area contributed by atoms with E-state index >= 15 is 0 Å². The average molecular weight is 230 g/mol. The van der Waals surface area contributed by atoms with E-state index in [0.29, 0.717) is 0 Å². The minimum atomic E-state index is 0.255. The van der Waals surface area contributed by atoms with E-state index in [4.69, 9.17) is 10.5 Å². The van der Waals surface area contributed by atoms with Crippen molar-refractivity contribution in [2.75, 3.05) is 25.1 Å². The first kappa shape index (κ1) is 10.3.